The Labute approximate surface area is 292 Å². The van der Waals surface area contributed by atoms with Gasteiger partial charge >= 0.3 is 0 Å². The lowest BCUT2D eigenvalue weighted by Crippen LogP contribution is -2.35. The van der Waals surface area contributed by atoms with Crippen molar-refractivity contribution in [3.63, 3.8) is 0 Å². The van der Waals surface area contributed by atoms with Gasteiger partial charge in [0.1, 0.15) is 5.82 Å². The summed E-state index contributed by atoms with van der Waals surface area (Å²) < 4.78 is 42.3. The molecule has 0 aliphatic carbocycles. The van der Waals surface area contributed by atoms with Crippen molar-refractivity contribution in [1.29, 1.82) is 0 Å². The van der Waals surface area contributed by atoms with Gasteiger partial charge in [0.25, 0.3) is 5.91 Å². The topological polar surface area (TPSA) is 90.8 Å². The number of aromatic nitrogens is 2. The number of rotatable bonds is 11. The van der Waals surface area contributed by atoms with Crippen molar-refractivity contribution in [2.45, 2.75) is 45.2 Å². The second-order valence-electron chi connectivity index (χ2n) is 13.3. The zero-order valence-electron chi connectivity index (χ0n) is 27.8. The summed E-state index contributed by atoms with van der Waals surface area (Å²) in [6.45, 7) is 6.71. The molecule has 9 nitrogen and oxygen atoms in total. The summed E-state index contributed by atoms with van der Waals surface area (Å²) >= 11 is 6.77. The summed E-state index contributed by atoms with van der Waals surface area (Å²) in [5, 5.41) is 8.66. The minimum Gasteiger partial charge on any atom is -0.369 e. The molecule has 4 aromatic rings. The Morgan fingerprint density at radius 2 is 1.78 bits per heavy atom. The van der Waals surface area contributed by atoms with Crippen molar-refractivity contribution in [3.8, 4) is 22.4 Å². The smallest absolute Gasteiger partial charge is 0.251 e. The summed E-state index contributed by atoms with van der Waals surface area (Å²) in [7, 11) is -3.37. The molecule has 1 aromatic heterocycles. The number of hydrogen-bond acceptors (Lipinski definition) is 6. The molecule has 0 spiro atoms. The highest BCUT2D eigenvalue weighted by molar-refractivity contribution is 7.88. The standard InChI is InChI=1S/C37H42ClFN6O3S/c1-49(47,48)44-20-13-35-32(25-44)36(41-45(35)18-5-17-42-15-2-3-16-42)28-8-10-33(38)31(24-28)26-6-4-7-29(22-26)37(46)40-14-21-43-19-12-27-23-30(39)9-11-34(27)43/h4,6-11,22-24H,2-3,5,12-21,25H2,1H3,(H,40,46). The van der Waals surface area contributed by atoms with E-state index in [1.165, 1.54) is 29.5 Å². The van der Waals surface area contributed by atoms with Crippen LogP contribution in [-0.2, 0) is 36.0 Å². The normalized spacial score (nSPS) is 16.6. The highest BCUT2D eigenvalue weighted by Crippen LogP contribution is 2.36. The number of sulfonamides is 1. The van der Waals surface area contributed by atoms with Gasteiger partial charge in [0.2, 0.25) is 10.0 Å². The van der Waals surface area contributed by atoms with Gasteiger partial charge in [0.05, 0.1) is 11.9 Å². The van der Waals surface area contributed by atoms with Crippen LogP contribution in [0, 0.1) is 5.82 Å². The molecule has 1 saturated heterocycles. The first-order valence-corrected chi connectivity index (χ1v) is 19.3. The molecule has 0 bridgehead atoms. The lowest BCUT2D eigenvalue weighted by molar-refractivity contribution is 0.0954. The van der Waals surface area contributed by atoms with Gasteiger partial charge in [-0.2, -0.15) is 9.40 Å². The fourth-order valence-electron chi connectivity index (χ4n) is 7.42. The molecule has 1 amide bonds. The third-order valence-corrected chi connectivity index (χ3v) is 11.6. The van der Waals surface area contributed by atoms with Gasteiger partial charge < -0.3 is 15.1 Å². The molecule has 258 valence electrons. The Hall–Kier alpha value is -3.77. The van der Waals surface area contributed by atoms with E-state index in [9.17, 15) is 17.6 Å². The van der Waals surface area contributed by atoms with E-state index in [0.29, 0.717) is 36.6 Å². The Morgan fingerprint density at radius 1 is 0.939 bits per heavy atom. The number of fused-ring (bicyclic) bond motifs is 2. The number of anilines is 1. The Kier molecular flexibility index (Phi) is 9.79. The van der Waals surface area contributed by atoms with Crippen LogP contribution < -0.4 is 10.2 Å². The van der Waals surface area contributed by atoms with Gasteiger partial charge in [0.15, 0.2) is 0 Å². The molecule has 12 heteroatoms. The van der Waals surface area contributed by atoms with E-state index in [2.05, 4.69) is 19.8 Å². The molecule has 3 aliphatic rings. The third-order valence-electron chi connectivity index (χ3n) is 9.99. The number of nitrogens with zero attached hydrogens (tertiary/aromatic N) is 5. The average molecular weight is 705 g/mol. The summed E-state index contributed by atoms with van der Waals surface area (Å²) in [5.41, 5.74) is 7.74. The van der Waals surface area contributed by atoms with E-state index >= 15 is 0 Å². The van der Waals surface area contributed by atoms with Crippen LogP contribution in [0.3, 0.4) is 0 Å². The molecule has 0 unspecified atom stereocenters. The van der Waals surface area contributed by atoms with Crippen LogP contribution in [0.5, 0.6) is 0 Å². The monoisotopic (exact) mass is 704 g/mol. The largest absolute Gasteiger partial charge is 0.369 e. The maximum Gasteiger partial charge on any atom is 0.251 e. The number of aryl methyl sites for hydroxylation is 1. The maximum atomic E-state index is 13.6. The quantitative estimate of drug-likeness (QED) is 0.219. The molecule has 1 N–H and O–H groups in total. The first-order chi connectivity index (χ1) is 23.6. The number of hydrogen-bond donors (Lipinski definition) is 1. The predicted octanol–water partition coefficient (Wildman–Crippen LogP) is 5.61. The van der Waals surface area contributed by atoms with E-state index in [0.717, 1.165) is 90.5 Å². The first-order valence-electron chi connectivity index (χ1n) is 17.1. The van der Waals surface area contributed by atoms with Gasteiger partial charge in [-0.15, -0.1) is 0 Å². The van der Waals surface area contributed by atoms with Crippen LogP contribution in [0.15, 0.2) is 60.7 Å². The molecule has 0 atom stereocenters. The van der Waals surface area contributed by atoms with E-state index < -0.39 is 10.0 Å². The molecule has 7 rings (SSSR count). The molecule has 4 heterocycles. The highest BCUT2D eigenvalue weighted by atomic mass is 35.5. The van der Waals surface area contributed by atoms with Crippen molar-refractivity contribution >= 4 is 33.2 Å². The molecule has 0 radical (unpaired) electrons. The minimum atomic E-state index is -3.37. The number of nitrogens with one attached hydrogen (secondary N) is 1. The third kappa shape index (κ3) is 7.40. The minimum absolute atomic E-state index is 0.185. The van der Waals surface area contributed by atoms with E-state index in [-0.39, 0.29) is 18.3 Å². The SMILES string of the molecule is CS(=O)(=O)N1CCc2c(c(-c3ccc(Cl)c(-c4cccc(C(=O)NCCN5CCc6cc(F)ccc65)c4)c3)nn2CCCN2CCCC2)C1. The Morgan fingerprint density at radius 3 is 2.59 bits per heavy atom. The number of benzene rings is 3. The van der Waals surface area contributed by atoms with Crippen molar-refractivity contribution < 1.29 is 17.6 Å². The van der Waals surface area contributed by atoms with Crippen molar-refractivity contribution in [1.82, 2.24) is 24.3 Å². The number of halogens is 2. The summed E-state index contributed by atoms with van der Waals surface area (Å²) in [5.74, 6) is -0.411. The lowest BCUT2D eigenvalue weighted by atomic mass is 9.97. The summed E-state index contributed by atoms with van der Waals surface area (Å²) in [4.78, 5) is 17.9. The van der Waals surface area contributed by atoms with E-state index in [4.69, 9.17) is 16.7 Å². The van der Waals surface area contributed by atoms with Crippen LogP contribution in [0.2, 0.25) is 5.02 Å². The molecule has 49 heavy (non-hydrogen) atoms. The molecular weight excluding hydrogens is 663 g/mol. The molecule has 3 aliphatic heterocycles. The summed E-state index contributed by atoms with van der Waals surface area (Å²) in [6.07, 6.45) is 6.16. The van der Waals surface area contributed by atoms with Crippen LogP contribution in [0.25, 0.3) is 22.4 Å². The number of amides is 1. The van der Waals surface area contributed by atoms with Crippen LogP contribution in [-0.4, -0.2) is 85.4 Å². The van der Waals surface area contributed by atoms with Crippen LogP contribution >= 0.6 is 11.6 Å². The van der Waals surface area contributed by atoms with Crippen LogP contribution in [0.1, 0.15) is 46.4 Å². The van der Waals surface area contributed by atoms with Gasteiger partial charge in [-0.25, -0.2) is 12.8 Å². The van der Waals surface area contributed by atoms with Gasteiger partial charge in [-0.3, -0.25) is 9.48 Å². The zero-order valence-corrected chi connectivity index (χ0v) is 29.4. The van der Waals surface area contributed by atoms with Crippen molar-refractivity contribution in [3.05, 3.63) is 93.9 Å². The van der Waals surface area contributed by atoms with Crippen molar-refractivity contribution in [2.75, 3.05) is 57.0 Å². The summed E-state index contributed by atoms with van der Waals surface area (Å²) in [6, 6.07) is 18.0. The number of carbonyl (C=O) groups is 1. The van der Waals surface area contributed by atoms with Crippen LogP contribution in [0.4, 0.5) is 10.1 Å². The molecule has 1 fully saturated rings. The molecular formula is C37H42ClFN6O3S. The lowest BCUT2D eigenvalue weighted by Gasteiger charge is -2.26. The second kappa shape index (κ2) is 14.2. The van der Waals surface area contributed by atoms with Gasteiger partial charge in [0, 0.05) is 84.3 Å². The Bertz CT molecular complexity index is 1980. The second-order valence-corrected chi connectivity index (χ2v) is 15.7. The fourth-order valence-corrected chi connectivity index (χ4v) is 8.43. The number of carbonyl (C=O) groups excluding carboxylic acids is 1. The first kappa shape index (κ1) is 33.7. The number of likely N-dealkylation sites (tertiary alicyclic amines) is 1. The maximum absolute atomic E-state index is 13.6. The fraction of sp³-hybridized carbons (Fsp3) is 0.405. The zero-order chi connectivity index (χ0) is 34.1. The Balaban J connectivity index is 1.10. The molecule has 0 saturated carbocycles. The van der Waals surface area contributed by atoms with Crippen molar-refractivity contribution in [2.24, 2.45) is 0 Å². The van der Waals surface area contributed by atoms with Gasteiger partial charge in [-0.05, 0) is 98.9 Å². The predicted molar refractivity (Wildman–Crippen MR) is 192 cm³/mol. The van der Waals surface area contributed by atoms with E-state index in [1.807, 2.05) is 36.4 Å². The highest BCUT2D eigenvalue weighted by Gasteiger charge is 2.30. The molecule has 3 aromatic carbocycles. The van der Waals surface area contributed by atoms with E-state index in [1.54, 1.807) is 18.2 Å². The van der Waals surface area contributed by atoms with Gasteiger partial charge in [-0.1, -0.05) is 29.8 Å². The average Bonchev–Trinajstić information content (AvgIpc) is 3.84.